The Morgan fingerprint density at radius 2 is 2.04 bits per heavy atom. The number of para-hydroxylation sites is 1. The number of hydrogen-bond acceptors (Lipinski definition) is 5. The van der Waals surface area contributed by atoms with Gasteiger partial charge < -0.3 is 20.6 Å². The molecule has 0 saturated heterocycles. The van der Waals surface area contributed by atoms with Crippen LogP contribution in [0.2, 0.25) is 0 Å². The monoisotopic (exact) mass is 335 g/mol. The van der Waals surface area contributed by atoms with Gasteiger partial charge in [0, 0.05) is 19.2 Å². The second-order valence-electron chi connectivity index (χ2n) is 4.76. The first kappa shape index (κ1) is 17.4. The van der Waals surface area contributed by atoms with E-state index in [0.29, 0.717) is 16.8 Å². The number of carbonyl (C=O) groups is 1. The van der Waals surface area contributed by atoms with Gasteiger partial charge in [0.2, 0.25) is 0 Å². The molecule has 1 aromatic heterocycles. The highest BCUT2D eigenvalue weighted by Gasteiger charge is 2.11. The number of nitrogens with one attached hydrogen (secondary N) is 1. The lowest BCUT2D eigenvalue weighted by atomic mass is 10.2. The summed E-state index contributed by atoms with van der Waals surface area (Å²) in [6, 6.07) is 8.71. The molecular formula is C16H15F2N3O3. The molecule has 24 heavy (non-hydrogen) atoms. The van der Waals surface area contributed by atoms with E-state index in [1.165, 1.54) is 24.3 Å². The van der Waals surface area contributed by atoms with Crippen molar-refractivity contribution in [3.05, 3.63) is 53.6 Å². The van der Waals surface area contributed by atoms with Crippen molar-refractivity contribution in [2.24, 2.45) is 5.73 Å². The largest absolute Gasteiger partial charge is 0.481 e. The summed E-state index contributed by atoms with van der Waals surface area (Å²) in [4.78, 5) is 13.1. The molecule has 0 saturated carbocycles. The van der Waals surface area contributed by atoms with Crippen LogP contribution >= 0.6 is 0 Å². The normalized spacial score (nSPS) is 10.2. The Labute approximate surface area is 135 Å². The van der Waals surface area contributed by atoms with Crippen molar-refractivity contribution in [1.29, 1.82) is 0 Å². The molecule has 0 radical (unpaired) electrons. The molecule has 0 aliphatic carbocycles. The van der Waals surface area contributed by atoms with E-state index in [4.69, 9.17) is 20.1 Å². The molecule has 0 aliphatic rings. The van der Waals surface area contributed by atoms with Crippen molar-refractivity contribution in [1.82, 2.24) is 4.98 Å². The minimum Gasteiger partial charge on any atom is -0.481 e. The van der Waals surface area contributed by atoms with Crippen molar-refractivity contribution in [3.63, 3.8) is 0 Å². The molecule has 1 heterocycles. The second-order valence-corrected chi connectivity index (χ2v) is 4.76. The van der Waals surface area contributed by atoms with Crippen LogP contribution in [0.4, 0.5) is 20.5 Å². The first-order valence-electron chi connectivity index (χ1n) is 6.91. The Morgan fingerprint density at radius 3 is 2.67 bits per heavy atom. The quantitative estimate of drug-likeness (QED) is 0.678. The van der Waals surface area contributed by atoms with E-state index in [0.717, 1.165) is 6.92 Å². The zero-order valence-electron chi connectivity index (χ0n) is 12.7. The van der Waals surface area contributed by atoms with E-state index in [9.17, 15) is 8.78 Å². The third kappa shape index (κ3) is 4.26. The number of nitrogens with zero attached hydrogens (tertiary/aromatic N) is 1. The van der Waals surface area contributed by atoms with Crippen molar-refractivity contribution in [2.75, 3.05) is 5.32 Å². The lowest BCUT2D eigenvalue weighted by Crippen LogP contribution is -2.02. The number of aromatic nitrogens is 1. The van der Waals surface area contributed by atoms with E-state index in [1.54, 1.807) is 12.1 Å². The van der Waals surface area contributed by atoms with E-state index in [2.05, 4.69) is 10.3 Å². The second kappa shape index (κ2) is 7.51. The lowest BCUT2D eigenvalue weighted by molar-refractivity contribution is -0.134. The fourth-order valence-electron chi connectivity index (χ4n) is 1.93. The molecule has 2 aromatic carbocycles. The van der Waals surface area contributed by atoms with Gasteiger partial charge in [-0.15, -0.1) is 0 Å². The highest BCUT2D eigenvalue weighted by Crippen LogP contribution is 2.26. The van der Waals surface area contributed by atoms with Crippen LogP contribution in [-0.2, 0) is 11.3 Å². The summed E-state index contributed by atoms with van der Waals surface area (Å²) in [6.45, 7) is 1.32. The van der Waals surface area contributed by atoms with Crippen LogP contribution in [0, 0.1) is 11.6 Å². The molecule has 0 atom stereocenters. The minimum atomic E-state index is -0.833. The molecule has 0 amide bonds. The summed E-state index contributed by atoms with van der Waals surface area (Å²) in [7, 11) is 0. The summed E-state index contributed by atoms with van der Waals surface area (Å²) in [5, 5.41) is 10.2. The maximum Gasteiger partial charge on any atom is 0.300 e. The van der Waals surface area contributed by atoms with Crippen molar-refractivity contribution < 1.29 is 23.1 Å². The molecule has 126 valence electrons. The van der Waals surface area contributed by atoms with Crippen LogP contribution in [0.25, 0.3) is 11.1 Å². The lowest BCUT2D eigenvalue weighted by Gasteiger charge is -2.07. The average Bonchev–Trinajstić information content (AvgIpc) is 2.91. The summed E-state index contributed by atoms with van der Waals surface area (Å²) in [5.74, 6) is -1.74. The Balaban J connectivity index is 0.000000471. The molecule has 0 aliphatic heterocycles. The number of hydrogen-bond donors (Lipinski definition) is 3. The third-order valence-electron chi connectivity index (χ3n) is 2.90. The Bertz CT molecular complexity index is 861. The van der Waals surface area contributed by atoms with Crippen molar-refractivity contribution >= 4 is 28.8 Å². The first-order chi connectivity index (χ1) is 11.4. The van der Waals surface area contributed by atoms with Gasteiger partial charge in [0.25, 0.3) is 12.0 Å². The zero-order chi connectivity index (χ0) is 17.7. The van der Waals surface area contributed by atoms with Gasteiger partial charge in [-0.2, -0.15) is 4.98 Å². The van der Waals surface area contributed by atoms with Gasteiger partial charge in [-0.1, -0.05) is 12.1 Å². The van der Waals surface area contributed by atoms with Gasteiger partial charge in [0.05, 0.1) is 0 Å². The van der Waals surface area contributed by atoms with Crippen molar-refractivity contribution in [3.8, 4) is 0 Å². The maximum absolute atomic E-state index is 13.5. The molecule has 0 spiro atoms. The van der Waals surface area contributed by atoms with Gasteiger partial charge in [-0.25, -0.2) is 8.78 Å². The van der Waals surface area contributed by atoms with Crippen LogP contribution in [0.15, 0.2) is 40.8 Å². The predicted octanol–water partition coefficient (Wildman–Crippen LogP) is 3.40. The smallest absolute Gasteiger partial charge is 0.300 e. The summed E-state index contributed by atoms with van der Waals surface area (Å²) >= 11 is 0. The number of anilines is 2. The van der Waals surface area contributed by atoms with Crippen LogP contribution < -0.4 is 11.1 Å². The Morgan fingerprint density at radius 1 is 1.33 bits per heavy atom. The zero-order valence-corrected chi connectivity index (χ0v) is 12.7. The maximum atomic E-state index is 13.5. The van der Waals surface area contributed by atoms with Crippen molar-refractivity contribution in [2.45, 2.75) is 13.5 Å². The molecule has 0 unspecified atom stereocenters. The molecule has 6 nitrogen and oxygen atoms in total. The number of aliphatic carboxylic acids is 1. The summed E-state index contributed by atoms with van der Waals surface area (Å²) in [5.41, 5.74) is 7.17. The number of rotatable bonds is 3. The highest BCUT2D eigenvalue weighted by atomic mass is 19.1. The van der Waals surface area contributed by atoms with Gasteiger partial charge in [-0.05, 0) is 29.8 Å². The van der Waals surface area contributed by atoms with Gasteiger partial charge >= 0.3 is 0 Å². The predicted molar refractivity (Wildman–Crippen MR) is 84.9 cm³/mol. The number of benzene rings is 2. The molecule has 3 aromatic rings. The molecule has 0 fully saturated rings. The van der Waals surface area contributed by atoms with Gasteiger partial charge in [0.1, 0.15) is 11.3 Å². The van der Waals surface area contributed by atoms with E-state index >= 15 is 0 Å². The number of halogens is 2. The number of oxazole rings is 1. The highest BCUT2D eigenvalue weighted by molar-refractivity contribution is 5.76. The topological polar surface area (TPSA) is 101 Å². The number of carboxylic acid groups (broad SMARTS) is 1. The number of nitrogens with two attached hydrogens (primary N) is 1. The van der Waals surface area contributed by atoms with Crippen LogP contribution in [0.5, 0.6) is 0 Å². The minimum absolute atomic E-state index is 0.0562. The van der Waals surface area contributed by atoms with Crippen LogP contribution in [0.1, 0.15) is 12.5 Å². The van der Waals surface area contributed by atoms with Gasteiger partial charge in [-0.3, -0.25) is 4.79 Å². The Hall–Kier alpha value is -3.00. The summed E-state index contributed by atoms with van der Waals surface area (Å²) in [6.07, 6.45) is 0. The third-order valence-corrected chi connectivity index (χ3v) is 2.90. The fourth-order valence-corrected chi connectivity index (χ4v) is 1.93. The summed E-state index contributed by atoms with van der Waals surface area (Å²) < 4.78 is 32.1. The first-order valence-corrected chi connectivity index (χ1v) is 6.91. The van der Waals surface area contributed by atoms with Gasteiger partial charge in [0.15, 0.2) is 11.4 Å². The van der Waals surface area contributed by atoms with Crippen LogP contribution in [-0.4, -0.2) is 16.1 Å². The molecule has 4 N–H and O–H groups in total. The van der Waals surface area contributed by atoms with E-state index in [1.807, 2.05) is 0 Å². The molecular weight excluding hydrogens is 320 g/mol. The van der Waals surface area contributed by atoms with E-state index < -0.39 is 17.6 Å². The standard InChI is InChI=1S/C14H11F2N3O.C2H4O2/c15-9-5-4-8(7-17)12(6-9)19-14-18-11-3-1-2-10(16)13(11)20-14;1-2(3)4/h1-6H,7,17H2,(H,18,19);1H3,(H,3,4). The van der Waals surface area contributed by atoms with E-state index in [-0.39, 0.29) is 18.1 Å². The average molecular weight is 335 g/mol. The molecule has 8 heteroatoms. The molecule has 3 rings (SSSR count). The number of fused-ring (bicyclic) bond motifs is 1. The molecule has 0 bridgehead atoms. The Kier molecular flexibility index (Phi) is 5.43. The van der Waals surface area contributed by atoms with Crippen LogP contribution in [0.3, 0.4) is 0 Å². The SMILES string of the molecule is CC(=O)O.NCc1ccc(F)cc1Nc1nc2cccc(F)c2o1. The number of carboxylic acids is 1. The fraction of sp³-hybridized carbons (Fsp3) is 0.125.